The third-order valence-electron chi connectivity index (χ3n) is 6.08. The first kappa shape index (κ1) is 22.2. The first-order valence-electron chi connectivity index (χ1n) is 11.0. The molecule has 0 aliphatic heterocycles. The molecule has 1 aliphatic rings. The van der Waals surface area contributed by atoms with E-state index >= 15 is 0 Å². The van der Waals surface area contributed by atoms with Crippen molar-refractivity contribution in [2.45, 2.75) is 39.5 Å². The quantitative estimate of drug-likeness (QED) is 0.535. The lowest BCUT2D eigenvalue weighted by atomic mass is 9.82. The molecule has 1 aliphatic carbocycles. The Morgan fingerprint density at radius 2 is 1.78 bits per heavy atom. The van der Waals surface area contributed by atoms with Crippen LogP contribution in [-0.2, 0) is 9.59 Å². The Morgan fingerprint density at radius 3 is 2.50 bits per heavy atom. The van der Waals surface area contributed by atoms with E-state index in [1.165, 1.54) is 0 Å². The number of carbonyl (C=O) groups excluding carboxylic acids is 2. The van der Waals surface area contributed by atoms with E-state index in [0.29, 0.717) is 6.42 Å². The van der Waals surface area contributed by atoms with Crippen LogP contribution in [-0.4, -0.2) is 35.3 Å². The molecule has 0 saturated heterocycles. The molecule has 2 amide bonds. The van der Waals surface area contributed by atoms with Crippen LogP contribution in [0.15, 0.2) is 48.6 Å². The number of likely N-dealkylation sites (N-methyl/N-ethyl adjacent to an activating group) is 1. The van der Waals surface area contributed by atoms with Crippen molar-refractivity contribution in [3.8, 4) is 0 Å². The van der Waals surface area contributed by atoms with Crippen LogP contribution in [0.25, 0.3) is 10.2 Å². The molecule has 1 heterocycles. The molecule has 0 fully saturated rings. The van der Waals surface area contributed by atoms with E-state index in [1.807, 2.05) is 39.0 Å². The molecule has 0 saturated carbocycles. The molecule has 0 bridgehead atoms. The van der Waals surface area contributed by atoms with Crippen molar-refractivity contribution >= 4 is 39.1 Å². The summed E-state index contributed by atoms with van der Waals surface area (Å²) in [6.45, 7) is 6.04. The van der Waals surface area contributed by atoms with Crippen molar-refractivity contribution in [2.24, 2.45) is 5.92 Å². The average Bonchev–Trinajstić information content (AvgIpc) is 3.20. The van der Waals surface area contributed by atoms with Crippen LogP contribution in [0.4, 0.5) is 5.69 Å². The highest BCUT2D eigenvalue weighted by Gasteiger charge is 2.34. The van der Waals surface area contributed by atoms with Crippen LogP contribution in [0.2, 0.25) is 0 Å². The number of allylic oxidation sites excluding steroid dienone is 2. The summed E-state index contributed by atoms with van der Waals surface area (Å²) in [6, 6.07) is 12.2. The number of nitrogens with one attached hydrogen (secondary N) is 1. The third kappa shape index (κ3) is 4.60. The maximum Gasteiger partial charge on any atom is 0.243 e. The second kappa shape index (κ2) is 9.25. The number of carbonyl (C=O) groups is 2. The fraction of sp³-hybridized carbons (Fsp3) is 0.346. The van der Waals surface area contributed by atoms with Gasteiger partial charge >= 0.3 is 0 Å². The Labute approximate surface area is 193 Å². The number of hydrogen-bond donors (Lipinski definition) is 1. The van der Waals surface area contributed by atoms with Gasteiger partial charge in [0, 0.05) is 18.7 Å². The van der Waals surface area contributed by atoms with Crippen LogP contribution in [0, 0.1) is 26.7 Å². The average molecular weight is 448 g/mol. The number of aromatic nitrogens is 1. The van der Waals surface area contributed by atoms with Gasteiger partial charge in [-0.2, -0.15) is 0 Å². The van der Waals surface area contributed by atoms with E-state index in [9.17, 15) is 9.59 Å². The van der Waals surface area contributed by atoms with Gasteiger partial charge in [-0.3, -0.25) is 9.59 Å². The topological polar surface area (TPSA) is 62.3 Å². The van der Waals surface area contributed by atoms with Crippen LogP contribution in [0.5, 0.6) is 0 Å². The Hall–Kier alpha value is -2.99. The van der Waals surface area contributed by atoms with E-state index in [-0.39, 0.29) is 30.2 Å². The lowest BCUT2D eigenvalue weighted by Crippen LogP contribution is -2.40. The van der Waals surface area contributed by atoms with Crippen molar-refractivity contribution < 1.29 is 9.59 Å². The van der Waals surface area contributed by atoms with Crippen molar-refractivity contribution in [1.29, 1.82) is 0 Å². The minimum absolute atomic E-state index is 0.00824. The Bertz CT molecular complexity index is 1140. The normalized spacial score (nSPS) is 18.0. The molecule has 0 radical (unpaired) electrons. The summed E-state index contributed by atoms with van der Waals surface area (Å²) in [5.74, 6) is -0.358. The number of hydrogen-bond acceptors (Lipinski definition) is 4. The first-order valence-corrected chi connectivity index (χ1v) is 11.8. The van der Waals surface area contributed by atoms with E-state index in [1.54, 1.807) is 23.3 Å². The largest absolute Gasteiger partial charge is 0.336 e. The van der Waals surface area contributed by atoms with Gasteiger partial charge in [0.25, 0.3) is 0 Å². The van der Waals surface area contributed by atoms with Crippen LogP contribution in [0.1, 0.15) is 40.5 Å². The summed E-state index contributed by atoms with van der Waals surface area (Å²) in [6.07, 6.45) is 5.66. The molecule has 2 aromatic carbocycles. The number of benzene rings is 2. The van der Waals surface area contributed by atoms with Gasteiger partial charge in [0.2, 0.25) is 11.8 Å². The Balaban J connectivity index is 1.47. The first-order chi connectivity index (χ1) is 15.3. The zero-order valence-corrected chi connectivity index (χ0v) is 19.8. The van der Waals surface area contributed by atoms with E-state index < -0.39 is 0 Å². The van der Waals surface area contributed by atoms with Gasteiger partial charge in [-0.05, 0) is 56.9 Å². The molecule has 3 aromatic rings. The number of rotatable bonds is 5. The van der Waals surface area contributed by atoms with Gasteiger partial charge < -0.3 is 10.2 Å². The molecule has 4 rings (SSSR count). The SMILES string of the molecule is Cc1cc(C)c(NC(=O)CN(C)C(=O)[C@@H]2CC=CC[C@H]2c2nc3ccccc3s2)c(C)c1. The third-order valence-corrected chi connectivity index (χ3v) is 7.24. The number of nitrogens with zero attached hydrogens (tertiary/aromatic N) is 2. The zero-order chi connectivity index (χ0) is 22.8. The van der Waals surface area contributed by atoms with E-state index in [4.69, 9.17) is 4.98 Å². The second-order valence-electron chi connectivity index (χ2n) is 8.69. The van der Waals surface area contributed by atoms with Gasteiger partial charge in [-0.1, -0.05) is 42.0 Å². The summed E-state index contributed by atoms with van der Waals surface area (Å²) >= 11 is 1.66. The number of anilines is 1. The van der Waals surface area contributed by atoms with Crippen molar-refractivity contribution in [2.75, 3.05) is 18.9 Å². The van der Waals surface area contributed by atoms with Gasteiger partial charge in [-0.15, -0.1) is 11.3 Å². The maximum absolute atomic E-state index is 13.4. The van der Waals surface area contributed by atoms with Crippen molar-refractivity contribution in [1.82, 2.24) is 9.88 Å². The van der Waals surface area contributed by atoms with Crippen LogP contribution >= 0.6 is 11.3 Å². The molecule has 6 heteroatoms. The lowest BCUT2D eigenvalue weighted by Gasteiger charge is -2.29. The molecule has 1 aromatic heterocycles. The fourth-order valence-corrected chi connectivity index (χ4v) is 5.69. The Morgan fingerprint density at radius 1 is 1.09 bits per heavy atom. The molecule has 0 spiro atoms. The summed E-state index contributed by atoms with van der Waals surface area (Å²) in [5, 5.41) is 4.00. The van der Waals surface area contributed by atoms with Gasteiger partial charge in [0.05, 0.1) is 27.7 Å². The summed E-state index contributed by atoms with van der Waals surface area (Å²) in [4.78, 5) is 32.5. The second-order valence-corrected chi connectivity index (χ2v) is 9.75. The number of thiazole rings is 1. The number of aryl methyl sites for hydroxylation is 3. The molecular formula is C26H29N3O2S. The van der Waals surface area contributed by atoms with Crippen LogP contribution in [0.3, 0.4) is 0 Å². The minimum Gasteiger partial charge on any atom is -0.336 e. The zero-order valence-electron chi connectivity index (χ0n) is 19.0. The standard InChI is InChI=1S/C26H29N3O2S/c1-16-13-17(2)24(18(3)14-16)28-23(30)15-29(4)26(31)20-10-6-5-9-19(20)25-27-21-11-7-8-12-22(21)32-25/h5-8,11-14,19-20H,9-10,15H2,1-4H3,(H,28,30)/t19-,20-/m1/s1. The number of fused-ring (bicyclic) bond motifs is 1. The summed E-state index contributed by atoms with van der Waals surface area (Å²) < 4.78 is 1.14. The Kier molecular flexibility index (Phi) is 6.42. The number of para-hydroxylation sites is 1. The highest BCUT2D eigenvalue weighted by atomic mass is 32.1. The van der Waals surface area contributed by atoms with Gasteiger partial charge in [0.15, 0.2) is 0 Å². The minimum atomic E-state index is -0.207. The fourth-order valence-electron chi connectivity index (χ4n) is 4.54. The summed E-state index contributed by atoms with van der Waals surface area (Å²) in [5.41, 5.74) is 5.02. The predicted octanol–water partition coefficient (Wildman–Crippen LogP) is 5.37. The van der Waals surface area contributed by atoms with Gasteiger partial charge in [-0.25, -0.2) is 4.98 Å². The van der Waals surface area contributed by atoms with Crippen molar-refractivity contribution in [3.63, 3.8) is 0 Å². The molecule has 32 heavy (non-hydrogen) atoms. The molecule has 2 atom stereocenters. The van der Waals surface area contributed by atoms with Crippen LogP contribution < -0.4 is 5.32 Å². The smallest absolute Gasteiger partial charge is 0.243 e. The summed E-state index contributed by atoms with van der Waals surface area (Å²) in [7, 11) is 1.71. The molecule has 0 unspecified atom stereocenters. The van der Waals surface area contributed by atoms with E-state index in [0.717, 1.165) is 44.0 Å². The molecule has 166 valence electrons. The lowest BCUT2D eigenvalue weighted by molar-refractivity contribution is -0.137. The highest BCUT2D eigenvalue weighted by Crippen LogP contribution is 2.39. The predicted molar refractivity (Wildman–Crippen MR) is 131 cm³/mol. The molecule has 5 nitrogen and oxygen atoms in total. The maximum atomic E-state index is 13.4. The van der Waals surface area contributed by atoms with Gasteiger partial charge in [0.1, 0.15) is 0 Å². The highest BCUT2D eigenvalue weighted by molar-refractivity contribution is 7.18. The number of amides is 2. The monoisotopic (exact) mass is 447 g/mol. The van der Waals surface area contributed by atoms with Crippen molar-refractivity contribution in [3.05, 3.63) is 70.2 Å². The molecular weight excluding hydrogens is 418 g/mol. The van der Waals surface area contributed by atoms with E-state index in [2.05, 4.69) is 35.7 Å². The molecule has 1 N–H and O–H groups in total.